The molecule has 1 fully saturated rings. The number of halogens is 2. The zero-order chi connectivity index (χ0) is 26.5. The van der Waals surface area contributed by atoms with Crippen LogP contribution in [0.5, 0.6) is 0 Å². The van der Waals surface area contributed by atoms with Gasteiger partial charge in [-0.2, -0.15) is 0 Å². The molecule has 7 nitrogen and oxygen atoms in total. The van der Waals surface area contributed by atoms with E-state index in [1.807, 2.05) is 6.92 Å². The summed E-state index contributed by atoms with van der Waals surface area (Å²) in [6, 6.07) is 12.1. The highest BCUT2D eigenvalue weighted by atomic mass is 19.1. The van der Waals surface area contributed by atoms with Gasteiger partial charge < -0.3 is 18.8 Å². The number of oxazole rings is 2. The van der Waals surface area contributed by atoms with Gasteiger partial charge in [0.05, 0.1) is 17.5 Å². The molecule has 200 valence electrons. The maximum Gasteiger partial charge on any atom is 0.226 e. The largest absolute Gasteiger partial charge is 0.444 e. The Bertz CT molecular complexity index is 1210. The monoisotopic (exact) mass is 522 g/mol. The molecule has 1 atom stereocenters. The molecule has 1 aliphatic rings. The standard InChI is InChI=1S/C29H32F2N4O3/c1-20(36)14-34-12-10-21(11-13-34)15-35(16-26-18-37-28(32-26)22-2-6-24(30)7-3-22)17-27-19-38-29(33-27)23-4-8-25(31)9-5-23/h2-9,18-21,36H,10-17H2,1H3/t20-/m1/s1. The summed E-state index contributed by atoms with van der Waals surface area (Å²) in [6.45, 7) is 6.40. The minimum atomic E-state index is -0.326. The van der Waals surface area contributed by atoms with E-state index in [1.165, 1.54) is 24.3 Å². The number of hydrogen-bond donors (Lipinski definition) is 1. The Hall–Kier alpha value is -3.40. The van der Waals surface area contributed by atoms with Crippen LogP contribution >= 0.6 is 0 Å². The van der Waals surface area contributed by atoms with Crippen LogP contribution in [-0.4, -0.2) is 57.2 Å². The normalized spacial score (nSPS) is 15.8. The zero-order valence-electron chi connectivity index (χ0n) is 21.4. The van der Waals surface area contributed by atoms with E-state index < -0.39 is 0 Å². The molecule has 3 heterocycles. The molecule has 0 saturated carbocycles. The van der Waals surface area contributed by atoms with Gasteiger partial charge in [-0.15, -0.1) is 0 Å². The van der Waals surface area contributed by atoms with Gasteiger partial charge in [0.2, 0.25) is 11.8 Å². The summed E-state index contributed by atoms with van der Waals surface area (Å²) in [7, 11) is 0. The Morgan fingerprint density at radius 3 is 1.79 bits per heavy atom. The highest BCUT2D eigenvalue weighted by molar-refractivity contribution is 5.53. The molecule has 0 bridgehead atoms. The lowest BCUT2D eigenvalue weighted by Gasteiger charge is -2.35. The van der Waals surface area contributed by atoms with E-state index in [9.17, 15) is 13.9 Å². The molecule has 2 aromatic carbocycles. The van der Waals surface area contributed by atoms with Crippen molar-refractivity contribution in [3.63, 3.8) is 0 Å². The second kappa shape index (κ2) is 12.0. The van der Waals surface area contributed by atoms with Gasteiger partial charge in [-0.25, -0.2) is 18.7 Å². The number of aliphatic hydroxyl groups excluding tert-OH is 1. The van der Waals surface area contributed by atoms with Gasteiger partial charge in [0.1, 0.15) is 24.2 Å². The van der Waals surface area contributed by atoms with E-state index >= 15 is 0 Å². The topological polar surface area (TPSA) is 78.8 Å². The van der Waals surface area contributed by atoms with Crippen molar-refractivity contribution in [3.8, 4) is 22.9 Å². The Labute approximate surface area is 220 Å². The number of β-amino-alcohol motifs (C(OH)–C–C–N with tert-alkyl or cyclic N) is 1. The van der Waals surface area contributed by atoms with Crippen LogP contribution in [0.3, 0.4) is 0 Å². The average Bonchev–Trinajstić information content (AvgIpc) is 3.56. The highest BCUT2D eigenvalue weighted by Gasteiger charge is 2.24. The number of aliphatic hydroxyl groups is 1. The number of aromatic nitrogens is 2. The lowest BCUT2D eigenvalue weighted by molar-refractivity contribution is 0.0871. The fourth-order valence-corrected chi connectivity index (χ4v) is 4.94. The fraction of sp³-hybridized carbons (Fsp3) is 0.379. The minimum Gasteiger partial charge on any atom is -0.444 e. The molecule has 5 rings (SSSR count). The van der Waals surface area contributed by atoms with Crippen molar-refractivity contribution in [3.05, 3.63) is 84.1 Å². The van der Waals surface area contributed by atoms with Crippen LogP contribution in [0.25, 0.3) is 22.9 Å². The van der Waals surface area contributed by atoms with Crippen LogP contribution in [0.15, 0.2) is 69.9 Å². The summed E-state index contributed by atoms with van der Waals surface area (Å²) in [5.74, 6) is 0.780. The van der Waals surface area contributed by atoms with Gasteiger partial charge in [0, 0.05) is 37.3 Å². The van der Waals surface area contributed by atoms with Gasteiger partial charge in [0.15, 0.2) is 0 Å². The van der Waals surface area contributed by atoms with E-state index in [0.29, 0.717) is 37.3 Å². The summed E-state index contributed by atoms with van der Waals surface area (Å²) in [5.41, 5.74) is 2.99. The summed E-state index contributed by atoms with van der Waals surface area (Å²) >= 11 is 0. The van der Waals surface area contributed by atoms with E-state index in [0.717, 1.165) is 55.0 Å². The zero-order valence-corrected chi connectivity index (χ0v) is 21.4. The van der Waals surface area contributed by atoms with E-state index in [-0.39, 0.29) is 17.7 Å². The van der Waals surface area contributed by atoms with Crippen molar-refractivity contribution in [2.24, 2.45) is 5.92 Å². The first kappa shape index (κ1) is 26.2. The van der Waals surface area contributed by atoms with Crippen molar-refractivity contribution < 1.29 is 22.7 Å². The molecule has 0 amide bonds. The van der Waals surface area contributed by atoms with Crippen molar-refractivity contribution >= 4 is 0 Å². The quantitative estimate of drug-likeness (QED) is 0.300. The van der Waals surface area contributed by atoms with Crippen LogP contribution in [0.4, 0.5) is 8.78 Å². The molecule has 1 saturated heterocycles. The Kier molecular flexibility index (Phi) is 8.26. The van der Waals surface area contributed by atoms with Gasteiger partial charge in [-0.05, 0) is 87.3 Å². The SMILES string of the molecule is C[C@@H](O)CN1CCC(CN(Cc2coc(-c3ccc(F)cc3)n2)Cc2coc(-c3ccc(F)cc3)n2)CC1. The van der Waals surface area contributed by atoms with Crippen molar-refractivity contribution in [2.75, 3.05) is 26.2 Å². The smallest absolute Gasteiger partial charge is 0.226 e. The summed E-state index contributed by atoms with van der Waals surface area (Å²) in [5, 5.41) is 9.72. The number of likely N-dealkylation sites (tertiary alicyclic amines) is 1. The van der Waals surface area contributed by atoms with Crippen molar-refractivity contribution in [1.29, 1.82) is 0 Å². The molecular weight excluding hydrogens is 490 g/mol. The second-order valence-electron chi connectivity index (χ2n) is 10.1. The maximum absolute atomic E-state index is 13.3. The molecule has 1 aliphatic heterocycles. The molecule has 0 aliphatic carbocycles. The van der Waals surface area contributed by atoms with Gasteiger partial charge >= 0.3 is 0 Å². The third-order valence-electron chi connectivity index (χ3n) is 6.80. The Balaban J connectivity index is 1.29. The van der Waals surface area contributed by atoms with Crippen LogP contribution in [-0.2, 0) is 13.1 Å². The third kappa shape index (κ3) is 6.92. The summed E-state index contributed by atoms with van der Waals surface area (Å²) in [4.78, 5) is 13.9. The van der Waals surface area contributed by atoms with Crippen LogP contribution < -0.4 is 0 Å². The Morgan fingerprint density at radius 2 is 1.34 bits per heavy atom. The molecule has 0 unspecified atom stereocenters. The molecule has 2 aromatic heterocycles. The summed E-state index contributed by atoms with van der Waals surface area (Å²) in [6.07, 6.45) is 5.05. The van der Waals surface area contributed by atoms with Crippen LogP contribution in [0, 0.1) is 17.6 Å². The molecule has 0 radical (unpaired) electrons. The minimum absolute atomic E-state index is 0.307. The predicted molar refractivity (Wildman–Crippen MR) is 139 cm³/mol. The van der Waals surface area contributed by atoms with Crippen LogP contribution in [0.1, 0.15) is 31.2 Å². The number of benzene rings is 2. The fourth-order valence-electron chi connectivity index (χ4n) is 4.94. The molecular formula is C29H32F2N4O3. The summed E-state index contributed by atoms with van der Waals surface area (Å²) < 4.78 is 38.0. The molecule has 4 aromatic rings. The first-order valence-corrected chi connectivity index (χ1v) is 12.9. The second-order valence-corrected chi connectivity index (χ2v) is 10.1. The molecule has 1 N–H and O–H groups in total. The highest BCUT2D eigenvalue weighted by Crippen LogP contribution is 2.25. The van der Waals surface area contributed by atoms with Gasteiger partial charge in [0.25, 0.3) is 0 Å². The van der Waals surface area contributed by atoms with E-state index in [2.05, 4.69) is 19.8 Å². The van der Waals surface area contributed by atoms with E-state index in [4.69, 9.17) is 8.83 Å². The predicted octanol–water partition coefficient (Wildman–Crippen LogP) is 5.37. The molecule has 0 spiro atoms. The van der Waals surface area contributed by atoms with Crippen molar-refractivity contribution in [2.45, 2.75) is 39.0 Å². The number of hydrogen-bond acceptors (Lipinski definition) is 7. The molecule has 9 heteroatoms. The van der Waals surface area contributed by atoms with Gasteiger partial charge in [-0.3, -0.25) is 4.90 Å². The Morgan fingerprint density at radius 1 is 0.868 bits per heavy atom. The van der Waals surface area contributed by atoms with Gasteiger partial charge in [-0.1, -0.05) is 0 Å². The third-order valence-corrected chi connectivity index (χ3v) is 6.80. The number of rotatable bonds is 10. The maximum atomic E-state index is 13.3. The number of nitrogens with zero attached hydrogens (tertiary/aromatic N) is 4. The molecule has 38 heavy (non-hydrogen) atoms. The number of piperidine rings is 1. The van der Waals surface area contributed by atoms with Crippen LogP contribution in [0.2, 0.25) is 0 Å². The lowest BCUT2D eigenvalue weighted by Crippen LogP contribution is -2.41. The first-order valence-electron chi connectivity index (χ1n) is 12.9. The van der Waals surface area contributed by atoms with E-state index in [1.54, 1.807) is 36.8 Å². The lowest BCUT2D eigenvalue weighted by atomic mass is 9.95. The first-order chi connectivity index (χ1) is 18.4. The average molecular weight is 523 g/mol. The van der Waals surface area contributed by atoms with Crippen molar-refractivity contribution in [1.82, 2.24) is 19.8 Å².